The molecule has 0 bridgehead atoms. The first-order chi connectivity index (χ1) is 15.0. The molecule has 0 amide bonds. The molecule has 0 aliphatic carbocycles. The molecule has 1 fully saturated rings. The van der Waals surface area contributed by atoms with E-state index in [0.29, 0.717) is 31.1 Å². The predicted molar refractivity (Wildman–Crippen MR) is 106 cm³/mol. The number of anilines is 1. The lowest BCUT2D eigenvalue weighted by molar-refractivity contribution is -0.225. The van der Waals surface area contributed by atoms with Crippen molar-refractivity contribution in [1.29, 1.82) is 0 Å². The Kier molecular flexibility index (Phi) is 6.92. The van der Waals surface area contributed by atoms with Gasteiger partial charge in [-0.3, -0.25) is 0 Å². The second-order valence-corrected chi connectivity index (χ2v) is 7.46. The van der Waals surface area contributed by atoms with Gasteiger partial charge in [0.15, 0.2) is 0 Å². The monoisotopic (exact) mass is 459 g/mol. The molecule has 1 heterocycles. The predicted octanol–water partition coefficient (Wildman–Crippen LogP) is 5.15. The van der Waals surface area contributed by atoms with Gasteiger partial charge in [0.1, 0.15) is 11.9 Å². The average molecular weight is 459 g/mol. The summed E-state index contributed by atoms with van der Waals surface area (Å²) in [4.78, 5) is 13.4. The molecule has 0 N–H and O–H groups in total. The number of nitrogens with zero attached hydrogens (tertiary/aromatic N) is 1. The third-order valence-corrected chi connectivity index (χ3v) is 5.01. The Labute approximate surface area is 181 Å². The maximum absolute atomic E-state index is 13.2. The maximum Gasteiger partial charge on any atom is 0.416 e. The molecule has 2 aromatic rings. The number of halogens is 5. The van der Waals surface area contributed by atoms with Crippen molar-refractivity contribution in [2.24, 2.45) is 0 Å². The van der Waals surface area contributed by atoms with E-state index < -0.39 is 36.0 Å². The molecule has 0 aromatic heterocycles. The second kappa shape index (κ2) is 9.32. The van der Waals surface area contributed by atoms with Gasteiger partial charge in [0.2, 0.25) is 0 Å². The molecule has 1 saturated heterocycles. The molecule has 2 aromatic carbocycles. The van der Waals surface area contributed by atoms with Crippen molar-refractivity contribution >= 4 is 11.7 Å². The third kappa shape index (κ3) is 6.09. The van der Waals surface area contributed by atoms with E-state index >= 15 is 0 Å². The highest BCUT2D eigenvalue weighted by atomic mass is 19.4. The number of rotatable bonds is 7. The van der Waals surface area contributed by atoms with E-state index in [1.807, 2.05) is 4.90 Å². The van der Waals surface area contributed by atoms with E-state index in [2.05, 4.69) is 9.47 Å². The van der Waals surface area contributed by atoms with Gasteiger partial charge in [-0.05, 0) is 48.5 Å². The summed E-state index contributed by atoms with van der Waals surface area (Å²) in [7, 11) is 1.26. The number of carbonyl (C=O) groups is 1. The first-order valence-electron chi connectivity index (χ1n) is 9.77. The quantitative estimate of drug-likeness (QED) is 0.424. The van der Waals surface area contributed by atoms with Gasteiger partial charge in [-0.2, -0.15) is 22.0 Å². The van der Waals surface area contributed by atoms with Crippen LogP contribution in [0.1, 0.15) is 29.3 Å². The Balaban J connectivity index is 1.75. The van der Waals surface area contributed by atoms with Crippen LogP contribution in [0.25, 0.3) is 0 Å². The van der Waals surface area contributed by atoms with Gasteiger partial charge in [-0.25, -0.2) is 4.79 Å². The molecule has 2 atom stereocenters. The van der Waals surface area contributed by atoms with Crippen LogP contribution in [0, 0.1) is 0 Å². The molecule has 0 spiro atoms. The minimum Gasteiger partial charge on any atom is -0.489 e. The van der Waals surface area contributed by atoms with Gasteiger partial charge in [-0.1, -0.05) is 0 Å². The number of hydrogen-bond donors (Lipinski definition) is 0. The summed E-state index contributed by atoms with van der Waals surface area (Å²) >= 11 is 0. The summed E-state index contributed by atoms with van der Waals surface area (Å²) in [6, 6.07) is 10.2. The summed E-state index contributed by atoms with van der Waals surface area (Å²) < 4.78 is 79.9. The lowest BCUT2D eigenvalue weighted by Crippen LogP contribution is -2.35. The molecule has 0 radical (unpaired) electrons. The van der Waals surface area contributed by atoms with Crippen LogP contribution >= 0.6 is 0 Å². The van der Waals surface area contributed by atoms with Crippen LogP contribution in [0.15, 0.2) is 48.5 Å². The van der Waals surface area contributed by atoms with Gasteiger partial charge in [-0.15, -0.1) is 0 Å². The number of benzene rings is 2. The van der Waals surface area contributed by atoms with Crippen molar-refractivity contribution in [1.82, 2.24) is 0 Å². The van der Waals surface area contributed by atoms with Gasteiger partial charge in [0, 0.05) is 19.0 Å². The fourth-order valence-corrected chi connectivity index (χ4v) is 3.50. The fourth-order valence-electron chi connectivity index (χ4n) is 3.50. The topological polar surface area (TPSA) is 48.0 Å². The summed E-state index contributed by atoms with van der Waals surface area (Å²) in [5, 5.41) is 0. The molecule has 5 nitrogen and oxygen atoms in total. The van der Waals surface area contributed by atoms with Gasteiger partial charge in [0.25, 0.3) is 0 Å². The second-order valence-electron chi connectivity index (χ2n) is 7.46. The third-order valence-electron chi connectivity index (χ3n) is 5.01. The highest BCUT2D eigenvalue weighted by molar-refractivity contribution is 5.89. The fraction of sp³-hybridized carbons (Fsp3) is 0.409. The van der Waals surface area contributed by atoms with Crippen LogP contribution in [0.2, 0.25) is 0 Å². The zero-order valence-corrected chi connectivity index (χ0v) is 17.4. The number of esters is 1. The standard InChI is InChI=1S/C22H22F5NO4/c1-21(23,24)31-13-17-11-19(32-18-9-5-15(6-10-18)22(25,26)27)12-28(17)16-7-3-14(4-8-16)20(29)30-2/h3-10,17,19H,11-13H2,1-2H3/t17-,19+/m0/s1. The number of hydrogen-bond acceptors (Lipinski definition) is 5. The van der Waals surface area contributed by atoms with E-state index in [4.69, 9.17) is 4.74 Å². The SMILES string of the molecule is COC(=O)c1ccc(N2C[C@H](Oc3ccc(C(F)(F)F)cc3)C[C@H]2COC(C)(F)F)cc1. The van der Waals surface area contributed by atoms with E-state index in [0.717, 1.165) is 12.1 Å². The van der Waals surface area contributed by atoms with Crippen LogP contribution in [0.5, 0.6) is 5.75 Å². The molecule has 3 rings (SSSR count). The number of ether oxygens (including phenoxy) is 3. The summed E-state index contributed by atoms with van der Waals surface area (Å²) in [5.41, 5.74) is 0.199. The summed E-state index contributed by atoms with van der Waals surface area (Å²) in [5.74, 6) is -0.265. The van der Waals surface area contributed by atoms with Crippen molar-refractivity contribution in [3.63, 3.8) is 0 Å². The molecule has 1 aliphatic rings. The Morgan fingerprint density at radius 3 is 2.19 bits per heavy atom. The van der Waals surface area contributed by atoms with Crippen molar-refractivity contribution in [3.05, 3.63) is 59.7 Å². The lowest BCUT2D eigenvalue weighted by atomic mass is 10.1. The van der Waals surface area contributed by atoms with E-state index in [1.54, 1.807) is 24.3 Å². The smallest absolute Gasteiger partial charge is 0.416 e. The highest BCUT2D eigenvalue weighted by Crippen LogP contribution is 2.33. The van der Waals surface area contributed by atoms with E-state index in [1.165, 1.54) is 19.2 Å². The molecule has 10 heteroatoms. The number of methoxy groups -OCH3 is 1. The van der Waals surface area contributed by atoms with Crippen LogP contribution < -0.4 is 9.64 Å². The van der Waals surface area contributed by atoms with Crippen molar-refractivity contribution < 1.29 is 41.0 Å². The van der Waals surface area contributed by atoms with Gasteiger partial charge in [0.05, 0.1) is 37.4 Å². The van der Waals surface area contributed by atoms with Gasteiger partial charge >= 0.3 is 18.3 Å². The summed E-state index contributed by atoms with van der Waals surface area (Å²) in [6.07, 6.45) is -7.92. The highest BCUT2D eigenvalue weighted by Gasteiger charge is 2.36. The normalized spacial score (nSPS) is 19.2. The van der Waals surface area contributed by atoms with Gasteiger partial charge < -0.3 is 19.1 Å². The average Bonchev–Trinajstić information content (AvgIpc) is 3.13. The van der Waals surface area contributed by atoms with E-state index in [-0.39, 0.29) is 12.4 Å². The zero-order valence-electron chi connectivity index (χ0n) is 17.4. The van der Waals surface area contributed by atoms with E-state index in [9.17, 15) is 26.7 Å². The molecule has 0 unspecified atom stereocenters. The zero-order chi connectivity index (χ0) is 23.5. The minimum atomic E-state index is -4.45. The molecular formula is C22H22F5NO4. The lowest BCUT2D eigenvalue weighted by Gasteiger charge is -2.27. The number of alkyl halides is 5. The largest absolute Gasteiger partial charge is 0.489 e. The van der Waals surface area contributed by atoms with Crippen molar-refractivity contribution in [2.75, 3.05) is 25.2 Å². The van der Waals surface area contributed by atoms with Crippen LogP contribution in [-0.4, -0.2) is 44.5 Å². The van der Waals surface area contributed by atoms with Crippen molar-refractivity contribution in [3.8, 4) is 5.75 Å². The molecular weight excluding hydrogens is 437 g/mol. The number of carbonyl (C=O) groups excluding carboxylic acids is 1. The summed E-state index contributed by atoms with van der Waals surface area (Å²) in [6.45, 7) is 0.657. The van der Waals surface area contributed by atoms with Crippen LogP contribution in [0.4, 0.5) is 27.6 Å². The Bertz CT molecular complexity index is 910. The van der Waals surface area contributed by atoms with Crippen LogP contribution in [0.3, 0.4) is 0 Å². The minimum absolute atomic E-state index is 0.242. The molecule has 1 aliphatic heterocycles. The first kappa shape index (κ1) is 23.8. The van der Waals surface area contributed by atoms with Crippen LogP contribution in [-0.2, 0) is 15.7 Å². The Hall–Kier alpha value is -2.88. The molecule has 174 valence electrons. The van der Waals surface area contributed by atoms with Crippen molar-refractivity contribution in [2.45, 2.75) is 37.8 Å². The molecule has 0 saturated carbocycles. The maximum atomic E-state index is 13.2. The molecule has 32 heavy (non-hydrogen) atoms. The first-order valence-corrected chi connectivity index (χ1v) is 9.77. The Morgan fingerprint density at radius 1 is 1.03 bits per heavy atom. The Morgan fingerprint density at radius 2 is 1.66 bits per heavy atom.